The summed E-state index contributed by atoms with van der Waals surface area (Å²) in [4.78, 5) is 21.6. The van der Waals surface area contributed by atoms with Crippen LogP contribution in [0.1, 0.15) is 34.6 Å². The maximum Gasteiger partial charge on any atom is 0.270 e. The molecule has 0 atom stereocenters. The van der Waals surface area contributed by atoms with E-state index >= 15 is 0 Å². The molecule has 3 aromatic rings. The van der Waals surface area contributed by atoms with Crippen molar-refractivity contribution in [3.05, 3.63) is 58.9 Å². The molecule has 4 rings (SSSR count). The number of aryl methyl sites for hydroxylation is 1. The summed E-state index contributed by atoms with van der Waals surface area (Å²) in [6.45, 7) is 3.71. The molecule has 0 bridgehead atoms. The number of carbonyl (C=O) groups is 1. The number of thiazole rings is 1. The second-order valence-electron chi connectivity index (χ2n) is 7.41. The molecule has 2 aromatic heterocycles. The predicted octanol–water partition coefficient (Wildman–Crippen LogP) is 3.20. The van der Waals surface area contributed by atoms with Crippen LogP contribution in [0.3, 0.4) is 0 Å². The van der Waals surface area contributed by atoms with Crippen molar-refractivity contribution in [2.45, 2.75) is 31.1 Å². The zero-order chi connectivity index (χ0) is 21.1. The Morgan fingerprint density at radius 1 is 1.23 bits per heavy atom. The molecule has 158 valence electrons. The molecule has 0 unspecified atom stereocenters. The molecule has 1 amide bonds. The van der Waals surface area contributed by atoms with Gasteiger partial charge in [0.2, 0.25) is 10.0 Å². The number of hydrogen-bond acceptors (Lipinski definition) is 5. The lowest BCUT2D eigenvalue weighted by Gasteiger charge is -2.13. The fourth-order valence-electron chi connectivity index (χ4n) is 3.39. The van der Waals surface area contributed by atoms with Crippen molar-refractivity contribution in [2.75, 3.05) is 19.6 Å². The number of benzene rings is 1. The first-order valence-corrected chi connectivity index (χ1v) is 12.3. The van der Waals surface area contributed by atoms with E-state index < -0.39 is 10.0 Å². The number of aromatic amines is 1. The fraction of sp³-hybridized carbons (Fsp3) is 0.333. The van der Waals surface area contributed by atoms with Gasteiger partial charge < -0.3 is 9.88 Å². The van der Waals surface area contributed by atoms with Gasteiger partial charge in [-0.2, -0.15) is 0 Å². The van der Waals surface area contributed by atoms with Crippen molar-refractivity contribution in [3.63, 3.8) is 0 Å². The van der Waals surface area contributed by atoms with Gasteiger partial charge in [0.25, 0.3) is 5.91 Å². The Morgan fingerprint density at radius 2 is 1.97 bits per heavy atom. The van der Waals surface area contributed by atoms with E-state index in [9.17, 15) is 13.2 Å². The second kappa shape index (κ2) is 8.71. The highest BCUT2D eigenvalue weighted by atomic mass is 32.2. The first kappa shape index (κ1) is 20.8. The molecule has 2 N–H and O–H groups in total. The average Bonchev–Trinajstić information content (AvgIpc) is 3.49. The van der Waals surface area contributed by atoms with Gasteiger partial charge in [0, 0.05) is 43.2 Å². The third-order valence-electron chi connectivity index (χ3n) is 5.11. The van der Waals surface area contributed by atoms with E-state index in [4.69, 9.17) is 0 Å². The van der Waals surface area contributed by atoms with Crippen molar-refractivity contribution >= 4 is 27.3 Å². The number of nitrogens with zero attached hydrogens (tertiary/aromatic N) is 2. The van der Waals surface area contributed by atoms with Crippen LogP contribution < -0.4 is 4.72 Å². The van der Waals surface area contributed by atoms with Crippen LogP contribution in [0, 0.1) is 6.92 Å². The highest BCUT2D eigenvalue weighted by Crippen LogP contribution is 2.24. The van der Waals surface area contributed by atoms with E-state index in [0.29, 0.717) is 12.1 Å². The number of aromatic nitrogens is 2. The number of likely N-dealkylation sites (tertiary alicyclic amines) is 1. The van der Waals surface area contributed by atoms with Crippen molar-refractivity contribution in [3.8, 4) is 10.6 Å². The molecule has 1 aromatic carbocycles. The minimum Gasteiger partial charge on any atom is -0.356 e. The zero-order valence-electron chi connectivity index (χ0n) is 16.7. The monoisotopic (exact) mass is 444 g/mol. The molecule has 9 heteroatoms. The van der Waals surface area contributed by atoms with E-state index in [1.165, 1.54) is 17.8 Å². The molecule has 1 saturated heterocycles. The molecule has 0 spiro atoms. The van der Waals surface area contributed by atoms with E-state index in [1.54, 1.807) is 16.2 Å². The summed E-state index contributed by atoms with van der Waals surface area (Å²) in [5, 5.41) is 2.87. The van der Waals surface area contributed by atoms with Crippen LogP contribution in [0.2, 0.25) is 0 Å². The molecule has 1 aliphatic heterocycles. The standard InChI is InChI=1S/C21H24N4O3S2/c1-15-4-6-16(7-5-15)20-24-17(14-29-20)8-9-23-30(27,28)18-12-19(22-13-18)21(26)25-10-2-3-11-25/h4-7,12-14,22-23H,2-3,8-11H2,1H3. The van der Waals surface area contributed by atoms with Gasteiger partial charge in [0.1, 0.15) is 15.6 Å². The topological polar surface area (TPSA) is 95.2 Å². The zero-order valence-corrected chi connectivity index (χ0v) is 18.4. The summed E-state index contributed by atoms with van der Waals surface area (Å²) in [7, 11) is -3.69. The molecule has 1 fully saturated rings. The summed E-state index contributed by atoms with van der Waals surface area (Å²) < 4.78 is 27.7. The number of rotatable bonds is 7. The Bertz CT molecular complexity index is 1130. The quantitative estimate of drug-likeness (QED) is 0.585. The molecule has 3 heterocycles. The number of nitrogens with one attached hydrogen (secondary N) is 2. The summed E-state index contributed by atoms with van der Waals surface area (Å²) in [5.74, 6) is -0.153. The number of carbonyl (C=O) groups excluding carboxylic acids is 1. The lowest BCUT2D eigenvalue weighted by atomic mass is 10.2. The molecule has 0 saturated carbocycles. The molecular formula is C21H24N4O3S2. The van der Waals surface area contributed by atoms with Crippen molar-refractivity contribution in [1.82, 2.24) is 19.6 Å². The minimum atomic E-state index is -3.69. The molecule has 0 aliphatic carbocycles. The Labute approximate surface area is 180 Å². The normalized spacial score (nSPS) is 14.4. The van der Waals surface area contributed by atoms with Crippen molar-refractivity contribution in [1.29, 1.82) is 0 Å². The van der Waals surface area contributed by atoms with Gasteiger partial charge >= 0.3 is 0 Å². The van der Waals surface area contributed by atoms with Crippen LogP contribution in [0.4, 0.5) is 0 Å². The van der Waals surface area contributed by atoms with E-state index in [1.807, 2.05) is 36.6 Å². The maximum absolute atomic E-state index is 12.6. The van der Waals surface area contributed by atoms with Crippen LogP contribution in [0.5, 0.6) is 0 Å². The smallest absolute Gasteiger partial charge is 0.270 e. The number of amides is 1. The molecule has 0 radical (unpaired) electrons. The summed E-state index contributed by atoms with van der Waals surface area (Å²) in [6.07, 6.45) is 3.83. The number of H-pyrrole nitrogens is 1. The maximum atomic E-state index is 12.6. The predicted molar refractivity (Wildman–Crippen MR) is 117 cm³/mol. The van der Waals surface area contributed by atoms with Gasteiger partial charge in [-0.25, -0.2) is 18.1 Å². The summed E-state index contributed by atoms with van der Waals surface area (Å²) in [5.41, 5.74) is 3.40. The lowest BCUT2D eigenvalue weighted by Crippen LogP contribution is -2.28. The highest BCUT2D eigenvalue weighted by Gasteiger charge is 2.23. The van der Waals surface area contributed by atoms with E-state index in [-0.39, 0.29) is 17.3 Å². The Hall–Kier alpha value is -2.49. The van der Waals surface area contributed by atoms with Crippen LogP contribution in [0.15, 0.2) is 46.8 Å². The van der Waals surface area contributed by atoms with Crippen LogP contribution in [-0.4, -0.2) is 48.8 Å². The third-order valence-corrected chi connectivity index (χ3v) is 7.49. The van der Waals surface area contributed by atoms with Gasteiger partial charge in [-0.3, -0.25) is 4.79 Å². The van der Waals surface area contributed by atoms with Crippen molar-refractivity contribution < 1.29 is 13.2 Å². The Morgan fingerprint density at radius 3 is 2.70 bits per heavy atom. The summed E-state index contributed by atoms with van der Waals surface area (Å²) >= 11 is 1.55. The van der Waals surface area contributed by atoms with Crippen LogP contribution in [0.25, 0.3) is 10.6 Å². The lowest BCUT2D eigenvalue weighted by molar-refractivity contribution is 0.0787. The summed E-state index contributed by atoms with van der Waals surface area (Å²) in [6, 6.07) is 9.57. The van der Waals surface area contributed by atoms with Gasteiger partial charge in [0.05, 0.1) is 5.69 Å². The average molecular weight is 445 g/mol. The second-order valence-corrected chi connectivity index (χ2v) is 10.0. The van der Waals surface area contributed by atoms with Gasteiger partial charge in [-0.15, -0.1) is 11.3 Å². The third kappa shape index (κ3) is 4.63. The first-order chi connectivity index (χ1) is 14.4. The van der Waals surface area contributed by atoms with Gasteiger partial charge in [-0.05, 0) is 25.8 Å². The van der Waals surface area contributed by atoms with E-state index in [2.05, 4.69) is 14.7 Å². The first-order valence-electron chi connectivity index (χ1n) is 9.91. The van der Waals surface area contributed by atoms with Gasteiger partial charge in [0.15, 0.2) is 0 Å². The molecular weight excluding hydrogens is 420 g/mol. The number of hydrogen-bond donors (Lipinski definition) is 2. The van der Waals surface area contributed by atoms with E-state index in [0.717, 1.165) is 42.2 Å². The Kier molecular flexibility index (Phi) is 6.03. The largest absolute Gasteiger partial charge is 0.356 e. The Balaban J connectivity index is 1.34. The molecule has 30 heavy (non-hydrogen) atoms. The van der Waals surface area contributed by atoms with Gasteiger partial charge in [-0.1, -0.05) is 29.8 Å². The fourth-order valence-corrected chi connectivity index (χ4v) is 5.28. The minimum absolute atomic E-state index is 0.0728. The number of sulfonamides is 1. The van der Waals surface area contributed by atoms with Crippen LogP contribution in [-0.2, 0) is 16.4 Å². The highest BCUT2D eigenvalue weighted by molar-refractivity contribution is 7.89. The van der Waals surface area contributed by atoms with Crippen LogP contribution >= 0.6 is 11.3 Å². The molecule has 7 nitrogen and oxygen atoms in total. The molecule has 1 aliphatic rings. The van der Waals surface area contributed by atoms with Crippen molar-refractivity contribution in [2.24, 2.45) is 0 Å². The SMILES string of the molecule is Cc1ccc(-c2nc(CCNS(=O)(=O)c3c[nH]c(C(=O)N4CCCC4)c3)cs2)cc1.